The number of H-pyrrole nitrogens is 1. The van der Waals surface area contributed by atoms with Gasteiger partial charge in [0.15, 0.2) is 0 Å². The van der Waals surface area contributed by atoms with Gasteiger partial charge in [-0.2, -0.15) is 0 Å². The Hall–Kier alpha value is -2.76. The molecule has 23 heavy (non-hydrogen) atoms. The molecule has 0 aliphatic heterocycles. The topological polar surface area (TPSA) is 88.6 Å². The van der Waals surface area contributed by atoms with Gasteiger partial charge in [-0.05, 0) is 18.4 Å². The second-order valence-electron chi connectivity index (χ2n) is 5.35. The highest BCUT2D eigenvalue weighted by Crippen LogP contribution is 2.38. The van der Waals surface area contributed by atoms with Gasteiger partial charge in [0.25, 0.3) is 0 Å². The molecule has 0 bridgehead atoms. The Labute approximate surface area is 133 Å². The fourth-order valence-corrected chi connectivity index (χ4v) is 2.35. The maximum atomic E-state index is 11.6. The summed E-state index contributed by atoms with van der Waals surface area (Å²) in [5, 5.41) is 11.0. The molecule has 1 aromatic heterocycles. The molecule has 1 aromatic carbocycles. The third kappa shape index (κ3) is 3.36. The van der Waals surface area contributed by atoms with Crippen molar-refractivity contribution < 1.29 is 24.2 Å². The van der Waals surface area contributed by atoms with Gasteiger partial charge in [0, 0.05) is 23.9 Å². The number of phenolic OH excluding ortho intramolecular Hbond substituents is 1. The van der Waals surface area contributed by atoms with Gasteiger partial charge in [0.1, 0.15) is 17.2 Å². The quantitative estimate of drug-likeness (QED) is 0.503. The Morgan fingerprint density at radius 2 is 2.13 bits per heavy atom. The molecule has 2 N–H and O–H groups in total. The van der Waals surface area contributed by atoms with Crippen LogP contribution >= 0.6 is 0 Å². The summed E-state index contributed by atoms with van der Waals surface area (Å²) in [5.74, 6) is -0.730. The van der Waals surface area contributed by atoms with E-state index in [1.807, 2.05) is 6.92 Å². The lowest BCUT2D eigenvalue weighted by Crippen LogP contribution is -2.06. The molecule has 0 saturated carbocycles. The number of methoxy groups -OCH3 is 1. The lowest BCUT2D eigenvalue weighted by atomic mass is 9.98. The molecule has 0 amide bonds. The highest BCUT2D eigenvalue weighted by molar-refractivity contribution is 5.98. The number of rotatable bonds is 5. The zero-order chi connectivity index (χ0) is 17.1. The highest BCUT2D eigenvalue weighted by atomic mass is 16.5. The van der Waals surface area contributed by atoms with Crippen LogP contribution in [0.5, 0.6) is 11.5 Å². The fraction of sp³-hybridized carbons (Fsp3) is 0.294. The van der Waals surface area contributed by atoms with Crippen LogP contribution in [0.25, 0.3) is 10.9 Å². The van der Waals surface area contributed by atoms with Gasteiger partial charge in [-0.1, -0.05) is 13.0 Å². The van der Waals surface area contributed by atoms with Gasteiger partial charge in [-0.3, -0.25) is 4.79 Å². The van der Waals surface area contributed by atoms with Crippen LogP contribution in [-0.2, 0) is 16.0 Å². The minimum absolute atomic E-state index is 0.0288. The summed E-state index contributed by atoms with van der Waals surface area (Å²) in [6.07, 6.45) is 2.20. The summed E-state index contributed by atoms with van der Waals surface area (Å²) in [4.78, 5) is 25.8. The van der Waals surface area contributed by atoms with Crippen molar-refractivity contribution in [3.05, 3.63) is 36.0 Å². The number of nitrogens with one attached hydrogen (secondary N) is 1. The van der Waals surface area contributed by atoms with Crippen LogP contribution in [0.4, 0.5) is 0 Å². The summed E-state index contributed by atoms with van der Waals surface area (Å²) in [6.45, 7) is 6.94. The predicted octanol–water partition coefficient (Wildman–Crippen LogP) is 2.95. The van der Waals surface area contributed by atoms with Crippen LogP contribution < -0.4 is 4.74 Å². The van der Waals surface area contributed by atoms with Crippen LogP contribution in [-0.4, -0.2) is 29.1 Å². The summed E-state index contributed by atoms with van der Waals surface area (Å²) in [7, 11) is 1.27. The number of aromatic nitrogens is 1. The Morgan fingerprint density at radius 3 is 2.70 bits per heavy atom. The van der Waals surface area contributed by atoms with Crippen molar-refractivity contribution in [2.45, 2.75) is 20.3 Å². The summed E-state index contributed by atoms with van der Waals surface area (Å²) >= 11 is 0. The van der Waals surface area contributed by atoms with E-state index in [0.29, 0.717) is 22.9 Å². The number of phenols is 1. The molecule has 0 aliphatic rings. The molecular formula is C17H19NO5. The second-order valence-corrected chi connectivity index (χ2v) is 5.35. The van der Waals surface area contributed by atoms with Crippen LogP contribution in [0.1, 0.15) is 29.9 Å². The smallest absolute Gasteiger partial charge is 0.354 e. The molecule has 122 valence electrons. The lowest BCUT2D eigenvalue weighted by molar-refractivity contribution is -0.131. The summed E-state index contributed by atoms with van der Waals surface area (Å²) < 4.78 is 9.87. The van der Waals surface area contributed by atoms with E-state index in [1.165, 1.54) is 20.1 Å². The first-order valence-electron chi connectivity index (χ1n) is 7.14. The standard InChI is InChI=1S/C17H19NO5/c1-5-9(2)6-12-15(23-10(3)19)8-13-11(16(12)20)7-14(18-13)17(21)22-4/h5,7-9,18,20H,1,6H2,2-4H3. The number of ether oxygens (including phenoxy) is 2. The molecule has 1 unspecified atom stereocenters. The first-order valence-corrected chi connectivity index (χ1v) is 7.14. The van der Waals surface area contributed by atoms with E-state index >= 15 is 0 Å². The number of aromatic hydroxyl groups is 1. The largest absolute Gasteiger partial charge is 0.507 e. The molecule has 0 fully saturated rings. The van der Waals surface area contributed by atoms with Crippen LogP contribution in [0.2, 0.25) is 0 Å². The van der Waals surface area contributed by atoms with Gasteiger partial charge in [0.2, 0.25) is 0 Å². The third-order valence-electron chi connectivity index (χ3n) is 3.55. The van der Waals surface area contributed by atoms with Gasteiger partial charge >= 0.3 is 11.9 Å². The average Bonchev–Trinajstić information content (AvgIpc) is 2.93. The number of carbonyl (C=O) groups excluding carboxylic acids is 2. The van der Waals surface area contributed by atoms with E-state index in [9.17, 15) is 14.7 Å². The monoisotopic (exact) mass is 317 g/mol. The first kappa shape index (κ1) is 16.6. The average molecular weight is 317 g/mol. The third-order valence-corrected chi connectivity index (χ3v) is 3.55. The SMILES string of the molecule is C=CC(C)Cc1c(OC(C)=O)cc2[nH]c(C(=O)OC)cc2c1O. The van der Waals surface area contributed by atoms with E-state index in [2.05, 4.69) is 16.3 Å². The molecule has 6 heteroatoms. The number of allylic oxidation sites excluding steroid dienone is 1. The maximum Gasteiger partial charge on any atom is 0.354 e. The number of esters is 2. The Bertz CT molecular complexity index is 775. The number of aromatic amines is 1. The van der Waals surface area contributed by atoms with Gasteiger partial charge in [-0.25, -0.2) is 4.79 Å². The van der Waals surface area contributed by atoms with E-state index in [4.69, 9.17) is 4.74 Å². The molecule has 0 radical (unpaired) electrons. The summed E-state index contributed by atoms with van der Waals surface area (Å²) in [6, 6.07) is 3.10. The van der Waals surface area contributed by atoms with Crippen LogP contribution in [0.15, 0.2) is 24.8 Å². The maximum absolute atomic E-state index is 11.6. The van der Waals surface area contributed by atoms with Gasteiger partial charge in [-0.15, -0.1) is 6.58 Å². The van der Waals surface area contributed by atoms with Crippen molar-refractivity contribution in [3.8, 4) is 11.5 Å². The molecule has 0 saturated heterocycles. The second kappa shape index (κ2) is 6.56. The molecule has 1 atom stereocenters. The number of hydrogen-bond acceptors (Lipinski definition) is 5. The van der Waals surface area contributed by atoms with E-state index < -0.39 is 11.9 Å². The zero-order valence-corrected chi connectivity index (χ0v) is 13.3. The Kier molecular flexibility index (Phi) is 4.74. The van der Waals surface area contributed by atoms with Gasteiger partial charge < -0.3 is 19.6 Å². The van der Waals surface area contributed by atoms with Crippen molar-refractivity contribution in [1.82, 2.24) is 4.98 Å². The van der Waals surface area contributed by atoms with Crippen molar-refractivity contribution in [1.29, 1.82) is 0 Å². The predicted molar refractivity (Wildman–Crippen MR) is 85.7 cm³/mol. The minimum Gasteiger partial charge on any atom is -0.507 e. The number of hydrogen-bond donors (Lipinski definition) is 2. The van der Waals surface area contributed by atoms with Crippen LogP contribution in [0, 0.1) is 5.92 Å². The first-order chi connectivity index (χ1) is 10.9. The van der Waals surface area contributed by atoms with Crippen molar-refractivity contribution in [2.75, 3.05) is 7.11 Å². The van der Waals surface area contributed by atoms with E-state index in [1.54, 1.807) is 12.1 Å². The molecule has 1 heterocycles. The molecule has 2 rings (SSSR count). The molecule has 0 aliphatic carbocycles. The number of carbonyl (C=O) groups is 2. The fourth-order valence-electron chi connectivity index (χ4n) is 2.35. The number of benzene rings is 1. The Morgan fingerprint density at radius 1 is 1.43 bits per heavy atom. The highest BCUT2D eigenvalue weighted by Gasteiger charge is 2.20. The Balaban J connectivity index is 2.63. The zero-order valence-electron chi connectivity index (χ0n) is 13.3. The van der Waals surface area contributed by atoms with E-state index in [-0.39, 0.29) is 23.1 Å². The van der Waals surface area contributed by atoms with E-state index in [0.717, 1.165) is 0 Å². The van der Waals surface area contributed by atoms with Crippen LogP contribution in [0.3, 0.4) is 0 Å². The summed E-state index contributed by atoms with van der Waals surface area (Å²) in [5.41, 5.74) is 1.19. The number of fused-ring (bicyclic) bond motifs is 1. The molecule has 0 spiro atoms. The van der Waals surface area contributed by atoms with Gasteiger partial charge in [0.05, 0.1) is 12.6 Å². The van der Waals surface area contributed by atoms with Crippen molar-refractivity contribution in [2.24, 2.45) is 5.92 Å². The minimum atomic E-state index is -0.546. The van der Waals surface area contributed by atoms with Crippen molar-refractivity contribution >= 4 is 22.8 Å². The lowest BCUT2D eigenvalue weighted by Gasteiger charge is -2.14. The normalized spacial score (nSPS) is 12.0. The van der Waals surface area contributed by atoms with Crippen molar-refractivity contribution in [3.63, 3.8) is 0 Å². The molecular weight excluding hydrogens is 298 g/mol. The molecule has 6 nitrogen and oxygen atoms in total. The molecule has 2 aromatic rings.